The van der Waals surface area contributed by atoms with Gasteiger partial charge in [-0.3, -0.25) is 14.4 Å². The Morgan fingerprint density at radius 1 is 1.16 bits per heavy atom. The summed E-state index contributed by atoms with van der Waals surface area (Å²) in [6.07, 6.45) is 4.12. The Kier molecular flexibility index (Phi) is 4.79. The van der Waals surface area contributed by atoms with E-state index in [9.17, 15) is 14.4 Å². The largest absolute Gasteiger partial charge is 0.481 e. The molecule has 0 aromatic heterocycles. The Balaban J connectivity index is 1.62. The Hall–Kier alpha value is -2.37. The minimum absolute atomic E-state index is 0.0241. The molecule has 0 aliphatic heterocycles. The Morgan fingerprint density at radius 2 is 1.76 bits per heavy atom. The summed E-state index contributed by atoms with van der Waals surface area (Å²) in [5, 5.41) is 14.9. The normalized spacial score (nSPS) is 23.7. The lowest BCUT2D eigenvalue weighted by molar-refractivity contribution is -0.138. The molecule has 3 N–H and O–H groups in total. The van der Waals surface area contributed by atoms with Crippen molar-refractivity contribution in [3.8, 4) is 0 Å². The fourth-order valence-corrected chi connectivity index (χ4v) is 3.63. The van der Waals surface area contributed by atoms with E-state index in [1.165, 1.54) is 0 Å². The van der Waals surface area contributed by atoms with Crippen LogP contribution < -0.4 is 10.6 Å². The van der Waals surface area contributed by atoms with Crippen molar-refractivity contribution in [3.63, 3.8) is 0 Å². The van der Waals surface area contributed by atoms with Crippen LogP contribution in [0.3, 0.4) is 0 Å². The predicted octanol–water partition coefficient (Wildman–Crippen LogP) is 2.80. The highest BCUT2D eigenvalue weighted by atomic mass is 16.4. The third-order valence-corrected chi connectivity index (χ3v) is 5.29. The molecule has 2 aliphatic carbocycles. The highest BCUT2D eigenvalue weighted by molar-refractivity contribution is 5.97. The molecule has 2 atom stereocenters. The van der Waals surface area contributed by atoms with Gasteiger partial charge in [0.25, 0.3) is 5.91 Å². The number of anilines is 1. The zero-order valence-corrected chi connectivity index (χ0v) is 14.4. The van der Waals surface area contributed by atoms with E-state index >= 15 is 0 Å². The molecule has 2 aliphatic rings. The lowest BCUT2D eigenvalue weighted by atomic mass is 9.92. The molecule has 0 bridgehead atoms. The second-order valence-electron chi connectivity index (χ2n) is 7.40. The molecule has 6 nitrogen and oxygen atoms in total. The number of benzene rings is 1. The van der Waals surface area contributed by atoms with Gasteiger partial charge in [-0.05, 0) is 49.4 Å². The van der Waals surface area contributed by atoms with Gasteiger partial charge in [0.05, 0.1) is 12.0 Å². The van der Waals surface area contributed by atoms with Crippen LogP contribution in [0.25, 0.3) is 0 Å². The zero-order valence-electron chi connectivity index (χ0n) is 14.4. The van der Waals surface area contributed by atoms with E-state index in [0.717, 1.165) is 19.3 Å². The summed E-state index contributed by atoms with van der Waals surface area (Å²) in [5.41, 5.74) is 0.494. The first-order valence-corrected chi connectivity index (χ1v) is 8.84. The van der Waals surface area contributed by atoms with E-state index in [4.69, 9.17) is 5.11 Å². The maximum atomic E-state index is 12.5. The Labute approximate surface area is 147 Å². The fourth-order valence-electron chi connectivity index (χ4n) is 3.63. The molecule has 2 saturated carbocycles. The number of rotatable bonds is 6. The molecule has 2 fully saturated rings. The second kappa shape index (κ2) is 6.86. The highest BCUT2D eigenvalue weighted by Gasteiger charge is 2.39. The number of carboxylic acids is 1. The molecule has 2 unspecified atom stereocenters. The maximum Gasteiger partial charge on any atom is 0.305 e. The summed E-state index contributed by atoms with van der Waals surface area (Å²) in [7, 11) is 0. The second-order valence-corrected chi connectivity index (χ2v) is 7.40. The fraction of sp³-hybridized carbons (Fsp3) is 0.526. The van der Waals surface area contributed by atoms with Crippen molar-refractivity contribution in [2.24, 2.45) is 11.8 Å². The van der Waals surface area contributed by atoms with Gasteiger partial charge in [0.2, 0.25) is 5.91 Å². The number of carbonyl (C=O) groups is 3. The van der Waals surface area contributed by atoms with E-state index in [-0.39, 0.29) is 24.2 Å². The van der Waals surface area contributed by atoms with Gasteiger partial charge in [-0.25, -0.2) is 0 Å². The molecule has 0 spiro atoms. The maximum absolute atomic E-state index is 12.5. The number of carbonyl (C=O) groups excluding carboxylic acids is 2. The minimum atomic E-state index is -0.894. The van der Waals surface area contributed by atoms with Crippen molar-refractivity contribution >= 4 is 23.5 Å². The van der Waals surface area contributed by atoms with Gasteiger partial charge in [0.1, 0.15) is 0 Å². The van der Waals surface area contributed by atoms with E-state index in [0.29, 0.717) is 30.0 Å². The predicted molar refractivity (Wildman–Crippen MR) is 93.3 cm³/mol. The summed E-state index contributed by atoms with van der Waals surface area (Å²) in [5.74, 6) is -0.592. The molecule has 134 valence electrons. The molecule has 1 aromatic rings. The van der Waals surface area contributed by atoms with Gasteiger partial charge in [-0.2, -0.15) is 0 Å². The number of hydrogen-bond acceptors (Lipinski definition) is 3. The number of carboxylic acid groups (broad SMARTS) is 1. The number of aliphatic carboxylic acids is 1. The van der Waals surface area contributed by atoms with E-state index < -0.39 is 11.5 Å². The van der Waals surface area contributed by atoms with Crippen LogP contribution in [0.5, 0.6) is 0 Å². The molecule has 0 heterocycles. The first-order chi connectivity index (χ1) is 11.9. The lowest BCUT2D eigenvalue weighted by Crippen LogP contribution is -2.47. The number of nitrogens with one attached hydrogen (secondary N) is 2. The smallest absolute Gasteiger partial charge is 0.305 e. The summed E-state index contributed by atoms with van der Waals surface area (Å²) < 4.78 is 0. The first kappa shape index (κ1) is 17.5. The van der Waals surface area contributed by atoms with Crippen molar-refractivity contribution in [1.82, 2.24) is 5.32 Å². The van der Waals surface area contributed by atoms with Crippen LogP contribution in [0.2, 0.25) is 0 Å². The molecule has 6 heteroatoms. The molecule has 3 rings (SSSR count). The third-order valence-electron chi connectivity index (χ3n) is 5.29. The average molecular weight is 344 g/mol. The molecular weight excluding hydrogens is 320 g/mol. The quantitative estimate of drug-likeness (QED) is 0.739. The topological polar surface area (TPSA) is 95.5 Å². The van der Waals surface area contributed by atoms with Gasteiger partial charge in [-0.15, -0.1) is 0 Å². The van der Waals surface area contributed by atoms with Gasteiger partial charge in [-0.1, -0.05) is 19.8 Å². The molecule has 2 amide bonds. The van der Waals surface area contributed by atoms with Crippen LogP contribution in [0.4, 0.5) is 5.69 Å². The van der Waals surface area contributed by atoms with Gasteiger partial charge in [0.15, 0.2) is 0 Å². The minimum Gasteiger partial charge on any atom is -0.481 e. The Morgan fingerprint density at radius 3 is 2.28 bits per heavy atom. The van der Waals surface area contributed by atoms with Gasteiger partial charge >= 0.3 is 5.97 Å². The van der Waals surface area contributed by atoms with Crippen molar-refractivity contribution in [3.05, 3.63) is 29.8 Å². The van der Waals surface area contributed by atoms with Gasteiger partial charge in [0, 0.05) is 17.2 Å². The van der Waals surface area contributed by atoms with Crippen LogP contribution in [0, 0.1) is 11.8 Å². The monoisotopic (exact) mass is 344 g/mol. The molecule has 0 radical (unpaired) electrons. The SMILES string of the molecule is CC1CC1C(=O)Nc1ccc(C(=O)NC2(CC(=O)O)CCCC2)cc1. The van der Waals surface area contributed by atoms with E-state index in [2.05, 4.69) is 10.6 Å². The molecular formula is C19H24N2O4. The van der Waals surface area contributed by atoms with E-state index in [1.54, 1.807) is 24.3 Å². The highest BCUT2D eigenvalue weighted by Crippen LogP contribution is 2.38. The molecule has 1 aromatic carbocycles. The summed E-state index contributed by atoms with van der Waals surface area (Å²) >= 11 is 0. The standard InChI is InChI=1S/C19H24N2O4/c1-12-10-15(12)18(25)20-14-6-4-13(5-7-14)17(24)21-19(11-16(22)23)8-2-3-9-19/h4-7,12,15H,2-3,8-11H2,1H3,(H,20,25)(H,21,24)(H,22,23). The number of hydrogen-bond donors (Lipinski definition) is 3. The molecule has 0 saturated heterocycles. The lowest BCUT2D eigenvalue weighted by Gasteiger charge is -2.28. The van der Waals surface area contributed by atoms with E-state index in [1.807, 2.05) is 6.92 Å². The Bertz CT molecular complexity index is 677. The number of amides is 2. The van der Waals surface area contributed by atoms with Crippen molar-refractivity contribution in [1.29, 1.82) is 0 Å². The molecule has 25 heavy (non-hydrogen) atoms. The van der Waals surface area contributed by atoms with Crippen LogP contribution >= 0.6 is 0 Å². The third kappa shape index (κ3) is 4.18. The summed E-state index contributed by atoms with van der Waals surface area (Å²) in [4.78, 5) is 35.5. The summed E-state index contributed by atoms with van der Waals surface area (Å²) in [6, 6.07) is 6.73. The summed E-state index contributed by atoms with van der Waals surface area (Å²) in [6.45, 7) is 2.05. The average Bonchev–Trinajstić information content (AvgIpc) is 3.12. The first-order valence-electron chi connectivity index (χ1n) is 8.84. The van der Waals surface area contributed by atoms with Crippen molar-refractivity contribution in [2.45, 2.75) is 51.0 Å². The van der Waals surface area contributed by atoms with Crippen molar-refractivity contribution < 1.29 is 19.5 Å². The van der Waals surface area contributed by atoms with Crippen molar-refractivity contribution in [2.75, 3.05) is 5.32 Å². The zero-order chi connectivity index (χ0) is 18.0. The van der Waals surface area contributed by atoms with Crippen LogP contribution in [-0.4, -0.2) is 28.4 Å². The van der Waals surface area contributed by atoms with Crippen LogP contribution in [0.15, 0.2) is 24.3 Å². The van der Waals surface area contributed by atoms with Crippen LogP contribution in [-0.2, 0) is 9.59 Å². The van der Waals surface area contributed by atoms with Gasteiger partial charge < -0.3 is 15.7 Å². The van der Waals surface area contributed by atoms with Crippen LogP contribution in [0.1, 0.15) is 55.8 Å².